The Morgan fingerprint density at radius 1 is 1.11 bits per heavy atom. The molecule has 9 heteroatoms. The number of piperidine rings is 1. The third kappa shape index (κ3) is 5.46. The highest BCUT2D eigenvalue weighted by molar-refractivity contribution is 5.99. The first-order valence-electron chi connectivity index (χ1n) is 11.9. The van der Waals surface area contributed by atoms with Crippen LogP contribution in [0.3, 0.4) is 0 Å². The predicted molar refractivity (Wildman–Crippen MR) is 133 cm³/mol. The van der Waals surface area contributed by atoms with Crippen molar-refractivity contribution in [3.8, 4) is 0 Å². The summed E-state index contributed by atoms with van der Waals surface area (Å²) in [6.45, 7) is 5.52. The van der Waals surface area contributed by atoms with Crippen LogP contribution >= 0.6 is 0 Å². The molecule has 1 fully saturated rings. The number of hydrogen-bond donors (Lipinski definition) is 2. The second-order valence-corrected chi connectivity index (χ2v) is 9.18. The molecule has 0 saturated carbocycles. The second-order valence-electron chi connectivity index (χ2n) is 9.18. The predicted octanol–water partition coefficient (Wildman–Crippen LogP) is 4.12. The molecule has 2 aliphatic rings. The van der Waals surface area contributed by atoms with Crippen LogP contribution in [0.5, 0.6) is 0 Å². The Morgan fingerprint density at radius 2 is 1.83 bits per heavy atom. The van der Waals surface area contributed by atoms with Crippen LogP contribution < -0.4 is 5.32 Å². The first kappa shape index (κ1) is 25.1. The number of dihydropyridines is 1. The van der Waals surface area contributed by atoms with Crippen LogP contribution in [0.4, 0.5) is 5.69 Å². The maximum Gasteiger partial charge on any atom is 0.337 e. The van der Waals surface area contributed by atoms with Crippen molar-refractivity contribution in [2.45, 2.75) is 45.3 Å². The third-order valence-electron chi connectivity index (χ3n) is 6.61. The van der Waals surface area contributed by atoms with Crippen molar-refractivity contribution < 1.29 is 24.4 Å². The number of nitrogens with one attached hydrogen (secondary N) is 1. The molecule has 0 bridgehead atoms. The van der Waals surface area contributed by atoms with Crippen molar-refractivity contribution in [3.63, 3.8) is 0 Å². The number of aliphatic carboxylic acids is 1. The molecule has 0 aromatic heterocycles. The van der Waals surface area contributed by atoms with Crippen molar-refractivity contribution in [1.82, 2.24) is 10.2 Å². The average Bonchev–Trinajstić information content (AvgIpc) is 2.84. The maximum absolute atomic E-state index is 13.5. The van der Waals surface area contributed by atoms with Gasteiger partial charge in [0.2, 0.25) is 0 Å². The zero-order chi connectivity index (χ0) is 25.8. The molecule has 2 N–H and O–H groups in total. The number of ether oxygens (including phenoxy) is 1. The van der Waals surface area contributed by atoms with E-state index in [1.165, 1.54) is 23.8 Å². The number of likely N-dealkylation sites (tertiary alicyclic amines) is 1. The van der Waals surface area contributed by atoms with E-state index >= 15 is 0 Å². The van der Waals surface area contributed by atoms with Gasteiger partial charge in [-0.2, -0.15) is 0 Å². The Morgan fingerprint density at radius 3 is 2.53 bits per heavy atom. The molecule has 188 valence electrons. The monoisotopic (exact) mass is 491 g/mol. The van der Waals surface area contributed by atoms with Crippen LogP contribution in [0, 0.1) is 10.1 Å². The molecule has 2 aromatic carbocycles. The Balaban J connectivity index is 1.60. The number of carbonyl (C=O) groups excluding carboxylic acids is 1. The van der Waals surface area contributed by atoms with Crippen LogP contribution in [0.25, 0.3) is 0 Å². The number of carbonyl (C=O) groups is 2. The fourth-order valence-electron chi connectivity index (χ4n) is 5.01. The molecule has 2 atom stereocenters. The maximum atomic E-state index is 13.5. The van der Waals surface area contributed by atoms with Crippen molar-refractivity contribution >= 4 is 17.6 Å². The molecule has 0 aliphatic carbocycles. The summed E-state index contributed by atoms with van der Waals surface area (Å²) in [6, 6.07) is 15.8. The van der Waals surface area contributed by atoms with Gasteiger partial charge >= 0.3 is 11.9 Å². The summed E-state index contributed by atoms with van der Waals surface area (Å²) in [5.74, 6) is -2.82. The van der Waals surface area contributed by atoms with E-state index in [0.717, 1.165) is 19.5 Å². The standard InChI is InChI=1S/C27H29N3O6/c1-17-23(26(31)32)25(20-10-6-11-21(14-20)30(34)35)24(18(2)28-17)27(33)36-22-12-7-13-29(16-22)15-19-8-4-3-5-9-19/h3-6,8-11,14,22,25,28H,7,12-13,15-16H2,1-2H3,(H,31,32)/t22-,25?/m0/s1. The zero-order valence-electron chi connectivity index (χ0n) is 20.3. The first-order valence-corrected chi connectivity index (χ1v) is 11.9. The topological polar surface area (TPSA) is 122 Å². The number of nitro groups is 1. The number of allylic oxidation sites excluding steroid dienone is 2. The van der Waals surface area contributed by atoms with Gasteiger partial charge in [0.05, 0.1) is 22.0 Å². The van der Waals surface area contributed by atoms with Gasteiger partial charge in [0.1, 0.15) is 6.10 Å². The summed E-state index contributed by atoms with van der Waals surface area (Å²) in [6.07, 6.45) is 1.23. The highest BCUT2D eigenvalue weighted by Gasteiger charge is 2.38. The first-order chi connectivity index (χ1) is 17.2. The van der Waals surface area contributed by atoms with Crippen molar-refractivity contribution in [1.29, 1.82) is 0 Å². The van der Waals surface area contributed by atoms with Crippen molar-refractivity contribution in [2.75, 3.05) is 13.1 Å². The number of esters is 1. The SMILES string of the molecule is CC1=C(C(=O)O)C(c2cccc([N+](=O)[O-])c2)C(C(=O)O[C@H]2CCCN(Cc3ccccc3)C2)=C(C)N1. The van der Waals surface area contributed by atoms with Crippen molar-refractivity contribution in [3.05, 3.63) is 98.4 Å². The van der Waals surface area contributed by atoms with Gasteiger partial charge in [-0.05, 0) is 44.4 Å². The minimum Gasteiger partial charge on any atom is -0.478 e. The molecule has 2 aliphatic heterocycles. The second kappa shape index (κ2) is 10.7. The average molecular weight is 492 g/mol. The van der Waals surface area contributed by atoms with Crippen LogP contribution in [0.15, 0.2) is 77.1 Å². The normalized spacial score (nSPS) is 20.6. The van der Waals surface area contributed by atoms with Crippen LogP contribution in [0.2, 0.25) is 0 Å². The molecule has 2 aromatic rings. The molecule has 0 spiro atoms. The van der Waals surface area contributed by atoms with E-state index in [4.69, 9.17) is 4.74 Å². The van der Waals surface area contributed by atoms with Gasteiger partial charge in [0.15, 0.2) is 0 Å². The van der Waals surface area contributed by atoms with Gasteiger partial charge in [0.25, 0.3) is 5.69 Å². The highest BCUT2D eigenvalue weighted by Crippen LogP contribution is 2.40. The fourth-order valence-corrected chi connectivity index (χ4v) is 5.01. The fraction of sp³-hybridized carbons (Fsp3) is 0.333. The number of benzene rings is 2. The van der Waals surface area contributed by atoms with Gasteiger partial charge in [0, 0.05) is 36.6 Å². The van der Waals surface area contributed by atoms with Gasteiger partial charge in [-0.15, -0.1) is 0 Å². The van der Waals surface area contributed by atoms with Gasteiger partial charge in [-0.25, -0.2) is 9.59 Å². The lowest BCUT2D eigenvalue weighted by molar-refractivity contribution is -0.384. The Hall–Kier alpha value is -3.98. The summed E-state index contributed by atoms with van der Waals surface area (Å²) in [5, 5.41) is 24.4. The molecule has 2 heterocycles. The number of carboxylic acid groups (broad SMARTS) is 1. The summed E-state index contributed by atoms with van der Waals surface area (Å²) >= 11 is 0. The van der Waals surface area contributed by atoms with E-state index in [-0.39, 0.29) is 22.9 Å². The van der Waals surface area contributed by atoms with Crippen LogP contribution in [-0.4, -0.2) is 46.1 Å². The summed E-state index contributed by atoms with van der Waals surface area (Å²) in [4.78, 5) is 38.8. The minimum absolute atomic E-state index is 0.0394. The van der Waals surface area contributed by atoms with Crippen LogP contribution in [0.1, 0.15) is 43.7 Å². The van der Waals surface area contributed by atoms with Crippen LogP contribution in [-0.2, 0) is 20.9 Å². The molecule has 9 nitrogen and oxygen atoms in total. The Bertz CT molecular complexity index is 1240. The number of non-ortho nitro benzene ring substituents is 1. The molecule has 1 unspecified atom stereocenters. The van der Waals surface area contributed by atoms with Gasteiger partial charge in [-0.1, -0.05) is 42.5 Å². The van der Waals surface area contributed by atoms with E-state index in [1.807, 2.05) is 18.2 Å². The van der Waals surface area contributed by atoms with Crippen molar-refractivity contribution in [2.24, 2.45) is 0 Å². The number of hydrogen-bond acceptors (Lipinski definition) is 7. The molecule has 36 heavy (non-hydrogen) atoms. The highest BCUT2D eigenvalue weighted by atomic mass is 16.6. The smallest absolute Gasteiger partial charge is 0.337 e. The number of nitro benzene ring substituents is 1. The molecule has 1 saturated heterocycles. The number of nitrogens with zero attached hydrogens (tertiary/aromatic N) is 2. The van der Waals surface area contributed by atoms with E-state index in [9.17, 15) is 24.8 Å². The van der Waals surface area contributed by atoms with E-state index < -0.39 is 22.8 Å². The minimum atomic E-state index is -1.21. The lowest BCUT2D eigenvalue weighted by Crippen LogP contribution is -2.41. The summed E-state index contributed by atoms with van der Waals surface area (Å²) < 4.78 is 5.93. The summed E-state index contributed by atoms with van der Waals surface area (Å²) in [5.41, 5.74) is 2.31. The Kier molecular flexibility index (Phi) is 7.49. The molecular formula is C27H29N3O6. The third-order valence-corrected chi connectivity index (χ3v) is 6.61. The molecule has 0 radical (unpaired) electrons. The number of rotatable bonds is 7. The zero-order valence-corrected chi connectivity index (χ0v) is 20.3. The van der Waals surface area contributed by atoms with E-state index in [2.05, 4.69) is 22.3 Å². The Labute approximate surface area is 209 Å². The largest absolute Gasteiger partial charge is 0.478 e. The van der Waals surface area contributed by atoms with Gasteiger partial charge in [-0.3, -0.25) is 15.0 Å². The van der Waals surface area contributed by atoms with E-state index in [0.29, 0.717) is 29.9 Å². The number of carboxylic acids is 1. The molecular weight excluding hydrogens is 462 g/mol. The van der Waals surface area contributed by atoms with Gasteiger partial charge < -0.3 is 15.2 Å². The quantitative estimate of drug-likeness (QED) is 0.337. The summed E-state index contributed by atoms with van der Waals surface area (Å²) in [7, 11) is 0. The molecule has 0 amide bonds. The molecule has 4 rings (SSSR count). The lowest BCUT2D eigenvalue weighted by atomic mass is 9.80. The van der Waals surface area contributed by atoms with E-state index in [1.54, 1.807) is 19.9 Å². The lowest BCUT2D eigenvalue weighted by Gasteiger charge is -2.34.